The van der Waals surface area contributed by atoms with E-state index < -0.39 is 5.97 Å². The second-order valence-corrected chi connectivity index (χ2v) is 2.83. The lowest BCUT2D eigenvalue weighted by atomic mass is 10.1. The summed E-state index contributed by atoms with van der Waals surface area (Å²) in [5.41, 5.74) is 0.446. The number of aromatic nitrogens is 1. The Labute approximate surface area is 86.7 Å². The Bertz CT molecular complexity index is 376. The molecule has 1 N–H and O–H groups in total. The molecule has 0 bridgehead atoms. The molecule has 0 saturated heterocycles. The Kier molecular flexibility index (Phi) is 3.79. The summed E-state index contributed by atoms with van der Waals surface area (Å²) in [6, 6.07) is 0. The third kappa shape index (κ3) is 2.77. The molecule has 80 valence electrons. The van der Waals surface area contributed by atoms with Gasteiger partial charge in [-0.05, 0) is 12.5 Å². The van der Waals surface area contributed by atoms with Crippen LogP contribution in [0.15, 0.2) is 12.4 Å². The molecule has 0 saturated carbocycles. The minimum atomic E-state index is -0.451. The van der Waals surface area contributed by atoms with Crippen LogP contribution in [0.4, 0.5) is 0 Å². The van der Waals surface area contributed by atoms with Crippen LogP contribution in [-0.2, 0) is 16.0 Å². The zero-order valence-electron chi connectivity index (χ0n) is 8.27. The van der Waals surface area contributed by atoms with Crippen LogP contribution >= 0.6 is 0 Å². The van der Waals surface area contributed by atoms with Gasteiger partial charge in [-0.1, -0.05) is 0 Å². The van der Waals surface area contributed by atoms with E-state index in [1.165, 1.54) is 6.20 Å². The van der Waals surface area contributed by atoms with Gasteiger partial charge in [0.2, 0.25) is 0 Å². The van der Waals surface area contributed by atoms with Crippen molar-refractivity contribution in [3.05, 3.63) is 23.5 Å². The van der Waals surface area contributed by atoms with E-state index in [-0.39, 0.29) is 24.3 Å². The minimum Gasteiger partial charge on any atom is -0.506 e. The summed E-state index contributed by atoms with van der Waals surface area (Å²) in [5.74, 6) is -0.681. The number of rotatable bonds is 4. The number of carbonyl (C=O) groups excluding carboxylic acids is 2. The number of aldehydes is 1. The van der Waals surface area contributed by atoms with Gasteiger partial charge in [0.1, 0.15) is 5.75 Å². The van der Waals surface area contributed by atoms with Crippen LogP contribution in [-0.4, -0.2) is 29.0 Å². The maximum Gasteiger partial charge on any atom is 0.310 e. The van der Waals surface area contributed by atoms with Gasteiger partial charge in [0.25, 0.3) is 0 Å². The summed E-state index contributed by atoms with van der Waals surface area (Å²) >= 11 is 0. The van der Waals surface area contributed by atoms with Crippen molar-refractivity contribution in [2.75, 3.05) is 6.61 Å². The van der Waals surface area contributed by atoms with E-state index in [2.05, 4.69) is 4.98 Å². The van der Waals surface area contributed by atoms with Crippen LogP contribution in [0, 0.1) is 0 Å². The standard InChI is InChI=1S/C10H11NO4/c1-2-15-10(14)3-7-4-11-5-9(13)8(7)6-12/h4-6,13H,2-3H2,1H3. The van der Waals surface area contributed by atoms with Crippen molar-refractivity contribution in [2.45, 2.75) is 13.3 Å². The third-order valence-electron chi connectivity index (χ3n) is 1.81. The molecular formula is C10H11NO4. The van der Waals surface area contributed by atoms with Gasteiger partial charge in [0.15, 0.2) is 6.29 Å². The Morgan fingerprint density at radius 2 is 2.33 bits per heavy atom. The molecule has 15 heavy (non-hydrogen) atoms. The van der Waals surface area contributed by atoms with Gasteiger partial charge >= 0.3 is 5.97 Å². The zero-order chi connectivity index (χ0) is 11.3. The lowest BCUT2D eigenvalue weighted by Gasteiger charge is -2.05. The van der Waals surface area contributed by atoms with Crippen molar-refractivity contribution in [2.24, 2.45) is 0 Å². The number of carbonyl (C=O) groups is 2. The van der Waals surface area contributed by atoms with E-state index in [0.29, 0.717) is 11.8 Å². The van der Waals surface area contributed by atoms with E-state index in [9.17, 15) is 14.7 Å². The lowest BCUT2D eigenvalue weighted by molar-refractivity contribution is -0.142. The SMILES string of the molecule is CCOC(=O)Cc1cncc(O)c1C=O. The fourth-order valence-electron chi connectivity index (χ4n) is 1.15. The highest BCUT2D eigenvalue weighted by Gasteiger charge is 2.11. The highest BCUT2D eigenvalue weighted by Crippen LogP contribution is 2.17. The Hall–Kier alpha value is -1.91. The lowest BCUT2D eigenvalue weighted by Crippen LogP contribution is -2.09. The molecular weight excluding hydrogens is 198 g/mol. The average molecular weight is 209 g/mol. The number of hydrogen-bond acceptors (Lipinski definition) is 5. The second-order valence-electron chi connectivity index (χ2n) is 2.83. The fourth-order valence-corrected chi connectivity index (χ4v) is 1.15. The van der Waals surface area contributed by atoms with Crippen LogP contribution in [0.1, 0.15) is 22.8 Å². The fraction of sp³-hybridized carbons (Fsp3) is 0.300. The number of hydrogen-bond donors (Lipinski definition) is 1. The summed E-state index contributed by atoms with van der Waals surface area (Å²) in [5, 5.41) is 9.29. The second kappa shape index (κ2) is 5.09. The van der Waals surface area contributed by atoms with E-state index in [1.807, 2.05) is 0 Å². The summed E-state index contributed by atoms with van der Waals surface area (Å²) in [6.07, 6.45) is 2.94. The largest absolute Gasteiger partial charge is 0.506 e. The van der Waals surface area contributed by atoms with Gasteiger partial charge in [0.05, 0.1) is 24.8 Å². The predicted molar refractivity (Wildman–Crippen MR) is 51.6 cm³/mol. The van der Waals surface area contributed by atoms with Gasteiger partial charge in [-0.15, -0.1) is 0 Å². The Balaban J connectivity index is 2.89. The highest BCUT2D eigenvalue weighted by molar-refractivity contribution is 5.84. The van der Waals surface area contributed by atoms with Crippen molar-refractivity contribution in [3.8, 4) is 5.75 Å². The topological polar surface area (TPSA) is 76.5 Å². The average Bonchev–Trinajstić information content (AvgIpc) is 2.18. The quantitative estimate of drug-likeness (QED) is 0.583. The van der Waals surface area contributed by atoms with Crippen molar-refractivity contribution in [1.82, 2.24) is 4.98 Å². The van der Waals surface area contributed by atoms with Crippen molar-refractivity contribution in [1.29, 1.82) is 0 Å². The molecule has 1 aromatic rings. The van der Waals surface area contributed by atoms with Crippen LogP contribution in [0.5, 0.6) is 5.75 Å². The van der Waals surface area contributed by atoms with Crippen molar-refractivity contribution in [3.63, 3.8) is 0 Å². The molecule has 0 unspecified atom stereocenters. The summed E-state index contributed by atoms with van der Waals surface area (Å²) in [7, 11) is 0. The van der Waals surface area contributed by atoms with E-state index >= 15 is 0 Å². The van der Waals surface area contributed by atoms with Crippen LogP contribution in [0.3, 0.4) is 0 Å². The molecule has 1 aromatic heterocycles. The molecule has 0 aliphatic heterocycles. The molecule has 1 rings (SSSR count). The Morgan fingerprint density at radius 1 is 1.60 bits per heavy atom. The molecule has 0 amide bonds. The van der Waals surface area contributed by atoms with E-state index in [0.717, 1.165) is 6.20 Å². The first-order valence-corrected chi connectivity index (χ1v) is 4.45. The van der Waals surface area contributed by atoms with Gasteiger partial charge in [-0.3, -0.25) is 14.6 Å². The molecule has 0 spiro atoms. The maximum absolute atomic E-state index is 11.1. The van der Waals surface area contributed by atoms with Crippen molar-refractivity contribution >= 4 is 12.3 Å². The molecule has 1 heterocycles. The molecule has 0 aromatic carbocycles. The number of esters is 1. The molecule has 0 aliphatic rings. The normalized spacial score (nSPS) is 9.67. The molecule has 0 radical (unpaired) electrons. The molecule has 0 atom stereocenters. The summed E-state index contributed by atoms with van der Waals surface area (Å²) in [6.45, 7) is 1.97. The summed E-state index contributed by atoms with van der Waals surface area (Å²) < 4.78 is 4.72. The maximum atomic E-state index is 11.1. The van der Waals surface area contributed by atoms with Gasteiger partial charge in [0, 0.05) is 6.20 Å². The summed E-state index contributed by atoms with van der Waals surface area (Å²) in [4.78, 5) is 25.5. The molecule has 5 nitrogen and oxygen atoms in total. The van der Waals surface area contributed by atoms with Gasteiger partial charge < -0.3 is 9.84 Å². The van der Waals surface area contributed by atoms with Crippen LogP contribution < -0.4 is 0 Å². The van der Waals surface area contributed by atoms with Gasteiger partial charge in [-0.25, -0.2) is 0 Å². The van der Waals surface area contributed by atoms with E-state index in [4.69, 9.17) is 4.74 Å². The van der Waals surface area contributed by atoms with Crippen LogP contribution in [0.2, 0.25) is 0 Å². The number of aromatic hydroxyl groups is 1. The highest BCUT2D eigenvalue weighted by atomic mass is 16.5. The molecule has 0 fully saturated rings. The van der Waals surface area contributed by atoms with Gasteiger partial charge in [-0.2, -0.15) is 0 Å². The minimum absolute atomic E-state index is 0.0662. The molecule has 5 heteroatoms. The van der Waals surface area contributed by atoms with Crippen molar-refractivity contribution < 1.29 is 19.4 Å². The first-order valence-electron chi connectivity index (χ1n) is 4.45. The number of nitrogens with zero attached hydrogens (tertiary/aromatic N) is 1. The first-order chi connectivity index (χ1) is 7.19. The predicted octanol–water partition coefficient (Wildman–Crippen LogP) is 0.705. The smallest absolute Gasteiger partial charge is 0.310 e. The number of ether oxygens (including phenoxy) is 1. The zero-order valence-corrected chi connectivity index (χ0v) is 8.27. The third-order valence-corrected chi connectivity index (χ3v) is 1.81. The number of pyridine rings is 1. The molecule has 0 aliphatic carbocycles. The van der Waals surface area contributed by atoms with E-state index in [1.54, 1.807) is 6.92 Å². The van der Waals surface area contributed by atoms with Crippen LogP contribution in [0.25, 0.3) is 0 Å². The first kappa shape index (κ1) is 11.2. The Morgan fingerprint density at radius 3 is 2.93 bits per heavy atom. The monoisotopic (exact) mass is 209 g/mol.